The molecule has 0 amide bonds. The molecule has 0 saturated carbocycles. The van der Waals surface area contributed by atoms with E-state index in [1.54, 1.807) is 0 Å². The van der Waals surface area contributed by atoms with E-state index < -0.39 is 0 Å². The van der Waals surface area contributed by atoms with Gasteiger partial charge in [-0.05, 0) is 53.4 Å². The van der Waals surface area contributed by atoms with Gasteiger partial charge in [-0.25, -0.2) is 4.40 Å². The van der Waals surface area contributed by atoms with Gasteiger partial charge in [-0.2, -0.15) is 0 Å². The zero-order chi connectivity index (χ0) is 9.14. The third-order valence-electron chi connectivity index (χ3n) is 1.49. The van der Waals surface area contributed by atoms with Gasteiger partial charge in [-0.3, -0.25) is 0 Å². The van der Waals surface area contributed by atoms with Gasteiger partial charge in [0.2, 0.25) is 0 Å². The molecule has 12 heavy (non-hydrogen) atoms. The molecule has 64 valence electrons. The smallest absolute Gasteiger partial charge is 0.0554 e. The van der Waals surface area contributed by atoms with Gasteiger partial charge in [-0.15, -0.1) is 0 Å². The van der Waals surface area contributed by atoms with Crippen molar-refractivity contribution >= 4 is 46.1 Å². The summed E-state index contributed by atoms with van der Waals surface area (Å²) in [5.74, 6) is 0. The highest BCUT2D eigenvalue weighted by molar-refractivity contribution is 9.10. The van der Waals surface area contributed by atoms with Gasteiger partial charge in [0.15, 0.2) is 0 Å². The number of thiol groups is 1. The molecule has 1 aromatic rings. The molecule has 1 rings (SSSR count). The second kappa shape index (κ2) is 4.30. The van der Waals surface area contributed by atoms with Gasteiger partial charge in [0, 0.05) is 4.47 Å². The number of hydrogen-bond donors (Lipinski definition) is 1. The summed E-state index contributed by atoms with van der Waals surface area (Å²) in [4.78, 5) is 0. The first-order valence-electron chi connectivity index (χ1n) is 3.29. The van der Waals surface area contributed by atoms with E-state index in [9.17, 15) is 0 Å². The highest BCUT2D eigenvalue weighted by atomic mass is 79.9. The van der Waals surface area contributed by atoms with E-state index in [0.29, 0.717) is 5.02 Å². The molecule has 0 N–H and O–H groups in total. The van der Waals surface area contributed by atoms with Crippen LogP contribution in [0.5, 0.6) is 0 Å². The van der Waals surface area contributed by atoms with Crippen molar-refractivity contribution in [1.29, 1.82) is 0 Å². The Balaban J connectivity index is 3.13. The van der Waals surface area contributed by atoms with Crippen LogP contribution >= 0.6 is 40.3 Å². The zero-order valence-corrected chi connectivity index (χ0v) is 9.62. The van der Waals surface area contributed by atoms with Gasteiger partial charge < -0.3 is 0 Å². The molecule has 0 spiro atoms. The van der Waals surface area contributed by atoms with Gasteiger partial charge in [0.25, 0.3) is 0 Å². The second-order valence-corrected chi connectivity index (χ2v) is 3.78. The Morgan fingerprint density at radius 3 is 2.75 bits per heavy atom. The number of halogens is 2. The summed E-state index contributed by atoms with van der Waals surface area (Å²) >= 11 is 13.0. The van der Waals surface area contributed by atoms with Crippen LogP contribution in [0.4, 0.5) is 0 Å². The zero-order valence-electron chi connectivity index (χ0n) is 6.38. The minimum Gasteiger partial charge on any atom is -0.224 e. The number of rotatable bonds is 1. The van der Waals surface area contributed by atoms with Crippen molar-refractivity contribution in [2.24, 2.45) is 4.40 Å². The highest BCUT2D eigenvalue weighted by Gasteiger charge is 2.00. The maximum absolute atomic E-state index is 5.89. The van der Waals surface area contributed by atoms with Crippen LogP contribution < -0.4 is 0 Å². The molecule has 1 nitrogen and oxygen atoms in total. The van der Waals surface area contributed by atoms with Crippen molar-refractivity contribution in [3.8, 4) is 0 Å². The Kier molecular flexibility index (Phi) is 3.62. The Morgan fingerprint density at radius 2 is 2.25 bits per heavy atom. The molecule has 1 aromatic carbocycles. The first-order chi connectivity index (χ1) is 5.65. The van der Waals surface area contributed by atoms with Crippen LogP contribution in [0.2, 0.25) is 5.02 Å². The fourth-order valence-corrected chi connectivity index (χ4v) is 1.32. The van der Waals surface area contributed by atoms with E-state index in [1.807, 2.05) is 25.1 Å². The lowest BCUT2D eigenvalue weighted by molar-refractivity contribution is 1.57. The molecule has 0 fully saturated rings. The first kappa shape index (κ1) is 10.1. The van der Waals surface area contributed by atoms with Crippen LogP contribution in [0.25, 0.3) is 0 Å². The van der Waals surface area contributed by atoms with Crippen LogP contribution in [0, 0.1) is 0 Å². The summed E-state index contributed by atoms with van der Waals surface area (Å²) in [5.41, 5.74) is 1.84. The monoisotopic (exact) mass is 263 g/mol. The molecule has 0 bridgehead atoms. The molecule has 4 heteroatoms. The predicted octanol–water partition coefficient (Wildman–Crippen LogP) is 3.76. The van der Waals surface area contributed by atoms with E-state index in [-0.39, 0.29) is 0 Å². The Hall–Kier alpha value is 0.01000. The molecule has 0 radical (unpaired) electrons. The minimum atomic E-state index is 0.684. The van der Waals surface area contributed by atoms with Crippen LogP contribution in [0.15, 0.2) is 27.1 Å². The first-order valence-corrected chi connectivity index (χ1v) is 4.86. The molecular weight excluding hydrogens is 258 g/mol. The average Bonchev–Trinajstić information content (AvgIpc) is 2.08. The molecule has 0 aliphatic heterocycles. The summed E-state index contributed by atoms with van der Waals surface area (Å²) in [5, 5.41) is 0.684. The third kappa shape index (κ3) is 2.25. The molecule has 0 aliphatic carbocycles. The molecule has 0 saturated heterocycles. The lowest BCUT2D eigenvalue weighted by atomic mass is 10.1. The number of hydrogen-bond acceptors (Lipinski definition) is 2. The van der Waals surface area contributed by atoms with Crippen molar-refractivity contribution < 1.29 is 0 Å². The van der Waals surface area contributed by atoms with Crippen LogP contribution in [0.1, 0.15) is 12.5 Å². The number of benzene rings is 1. The minimum absolute atomic E-state index is 0.684. The van der Waals surface area contributed by atoms with Crippen LogP contribution in [0.3, 0.4) is 0 Å². The van der Waals surface area contributed by atoms with Crippen molar-refractivity contribution in [1.82, 2.24) is 0 Å². The van der Waals surface area contributed by atoms with E-state index >= 15 is 0 Å². The summed E-state index contributed by atoms with van der Waals surface area (Å²) in [6.07, 6.45) is 0. The maximum atomic E-state index is 5.89. The van der Waals surface area contributed by atoms with Crippen LogP contribution in [-0.2, 0) is 0 Å². The summed E-state index contributed by atoms with van der Waals surface area (Å²) < 4.78 is 4.66. The highest BCUT2D eigenvalue weighted by Crippen LogP contribution is 2.23. The normalized spacial score (nSPS) is 11.8. The quantitative estimate of drug-likeness (QED) is 0.586. The fraction of sp³-hybridized carbons (Fsp3) is 0.125. The average molecular weight is 265 g/mol. The van der Waals surface area contributed by atoms with Crippen molar-refractivity contribution in [3.05, 3.63) is 33.3 Å². The largest absolute Gasteiger partial charge is 0.224 e. The standard InChI is InChI=1S/C8H7BrClNS/c1-5(11-12)6-2-3-7(9)8(10)4-6/h2-4,12H,1H3. The SMILES string of the molecule is CC(=NS)c1ccc(Br)c(Cl)c1. The predicted molar refractivity (Wildman–Crippen MR) is 60.3 cm³/mol. The summed E-state index contributed by atoms with van der Waals surface area (Å²) in [6.45, 7) is 1.88. The molecule has 0 aromatic heterocycles. The maximum Gasteiger partial charge on any atom is 0.0554 e. The van der Waals surface area contributed by atoms with E-state index in [1.165, 1.54) is 0 Å². The molecule has 0 heterocycles. The van der Waals surface area contributed by atoms with Crippen molar-refractivity contribution in [2.45, 2.75) is 6.92 Å². The van der Waals surface area contributed by atoms with Crippen molar-refractivity contribution in [3.63, 3.8) is 0 Å². The fourth-order valence-electron chi connectivity index (χ4n) is 0.779. The van der Waals surface area contributed by atoms with Crippen molar-refractivity contribution in [2.75, 3.05) is 0 Å². The van der Waals surface area contributed by atoms with Gasteiger partial charge >= 0.3 is 0 Å². The molecule has 0 atom stereocenters. The third-order valence-corrected chi connectivity index (χ3v) is 3.02. The van der Waals surface area contributed by atoms with E-state index in [0.717, 1.165) is 15.7 Å². The van der Waals surface area contributed by atoms with Crippen LogP contribution in [-0.4, -0.2) is 5.71 Å². The molecule has 0 aliphatic rings. The Bertz CT molecular complexity index is 325. The molecular formula is C8H7BrClNS. The van der Waals surface area contributed by atoms with Gasteiger partial charge in [-0.1, -0.05) is 17.7 Å². The Labute approximate surface area is 90.5 Å². The van der Waals surface area contributed by atoms with Gasteiger partial charge in [0.05, 0.1) is 10.7 Å². The van der Waals surface area contributed by atoms with E-state index in [4.69, 9.17) is 11.6 Å². The summed E-state index contributed by atoms with van der Waals surface area (Å²) in [7, 11) is 0. The topological polar surface area (TPSA) is 12.4 Å². The Morgan fingerprint density at radius 1 is 1.58 bits per heavy atom. The van der Waals surface area contributed by atoms with E-state index in [2.05, 4.69) is 33.1 Å². The number of nitrogens with zero attached hydrogens (tertiary/aromatic N) is 1. The van der Waals surface area contributed by atoms with Gasteiger partial charge in [0.1, 0.15) is 0 Å². The lowest BCUT2D eigenvalue weighted by Crippen LogP contribution is -1.92. The molecule has 0 unspecified atom stereocenters. The second-order valence-electron chi connectivity index (χ2n) is 2.31. The summed E-state index contributed by atoms with van der Waals surface area (Å²) in [6, 6.07) is 5.67. The lowest BCUT2D eigenvalue weighted by Gasteiger charge is -2.00.